The molecule has 106 valence electrons. The van der Waals surface area contributed by atoms with Crippen molar-refractivity contribution in [2.75, 3.05) is 20.8 Å². The zero-order valence-corrected chi connectivity index (χ0v) is 11.8. The van der Waals surface area contributed by atoms with E-state index in [4.69, 9.17) is 9.47 Å². The van der Waals surface area contributed by atoms with Crippen LogP contribution in [-0.2, 0) is 0 Å². The predicted octanol–water partition coefficient (Wildman–Crippen LogP) is 2.13. The van der Waals surface area contributed by atoms with Crippen LogP contribution < -0.4 is 14.8 Å². The summed E-state index contributed by atoms with van der Waals surface area (Å²) in [6, 6.07) is 5.94. The van der Waals surface area contributed by atoms with E-state index in [0.29, 0.717) is 12.5 Å². The molecule has 2 rings (SSSR count). The van der Waals surface area contributed by atoms with Crippen molar-refractivity contribution in [3.8, 4) is 11.5 Å². The molecule has 19 heavy (non-hydrogen) atoms. The van der Waals surface area contributed by atoms with Crippen LogP contribution in [0.25, 0.3) is 0 Å². The molecule has 0 aromatic heterocycles. The fraction of sp³-hybridized carbons (Fsp3) is 0.600. The molecule has 1 saturated carbocycles. The van der Waals surface area contributed by atoms with Crippen LogP contribution >= 0.6 is 0 Å². The molecule has 4 heteroatoms. The molecule has 2 N–H and O–H groups in total. The molecule has 1 fully saturated rings. The Labute approximate surface area is 114 Å². The first-order chi connectivity index (χ1) is 9.15. The Morgan fingerprint density at radius 3 is 2.63 bits per heavy atom. The fourth-order valence-electron chi connectivity index (χ4n) is 2.23. The third kappa shape index (κ3) is 3.61. The van der Waals surface area contributed by atoms with Gasteiger partial charge in [0.05, 0.1) is 20.3 Å². The summed E-state index contributed by atoms with van der Waals surface area (Å²) in [4.78, 5) is 0. The molecule has 0 heterocycles. The highest BCUT2D eigenvalue weighted by atomic mass is 16.5. The minimum Gasteiger partial charge on any atom is -0.497 e. The van der Waals surface area contributed by atoms with Crippen LogP contribution in [0.5, 0.6) is 11.5 Å². The summed E-state index contributed by atoms with van der Waals surface area (Å²) in [5.74, 6) is 2.09. The van der Waals surface area contributed by atoms with Gasteiger partial charge >= 0.3 is 0 Å². The van der Waals surface area contributed by atoms with Gasteiger partial charge in [-0.05, 0) is 31.7 Å². The monoisotopic (exact) mass is 265 g/mol. The smallest absolute Gasteiger partial charge is 0.127 e. The molecule has 0 saturated heterocycles. The van der Waals surface area contributed by atoms with Gasteiger partial charge in [-0.3, -0.25) is 0 Å². The van der Waals surface area contributed by atoms with E-state index in [1.165, 1.54) is 0 Å². The van der Waals surface area contributed by atoms with Crippen LogP contribution in [0.3, 0.4) is 0 Å². The third-order valence-electron chi connectivity index (χ3n) is 3.71. The van der Waals surface area contributed by atoms with Gasteiger partial charge in [0, 0.05) is 24.2 Å². The molecule has 1 aliphatic rings. The number of aliphatic hydroxyl groups is 1. The van der Waals surface area contributed by atoms with Gasteiger partial charge in [0.15, 0.2) is 0 Å². The highest BCUT2D eigenvalue weighted by Gasteiger charge is 2.29. The van der Waals surface area contributed by atoms with Crippen molar-refractivity contribution in [3.63, 3.8) is 0 Å². The van der Waals surface area contributed by atoms with Gasteiger partial charge in [0.1, 0.15) is 11.5 Å². The van der Waals surface area contributed by atoms with Crippen LogP contribution in [0.4, 0.5) is 0 Å². The predicted molar refractivity (Wildman–Crippen MR) is 74.7 cm³/mol. The first kappa shape index (κ1) is 14.2. The first-order valence-corrected chi connectivity index (χ1v) is 6.79. The van der Waals surface area contributed by atoms with Gasteiger partial charge in [-0.25, -0.2) is 0 Å². The average Bonchev–Trinajstić information content (AvgIpc) is 3.28. The zero-order chi connectivity index (χ0) is 13.8. The van der Waals surface area contributed by atoms with E-state index >= 15 is 0 Å². The summed E-state index contributed by atoms with van der Waals surface area (Å²) in [6.07, 6.45) is 2.08. The Balaban J connectivity index is 1.98. The van der Waals surface area contributed by atoms with Crippen LogP contribution in [0.1, 0.15) is 31.4 Å². The molecule has 4 nitrogen and oxygen atoms in total. The fourth-order valence-corrected chi connectivity index (χ4v) is 2.23. The Morgan fingerprint density at radius 1 is 1.32 bits per heavy atom. The van der Waals surface area contributed by atoms with E-state index < -0.39 is 0 Å². The van der Waals surface area contributed by atoms with Crippen LogP contribution in [0.2, 0.25) is 0 Å². The molecule has 1 aliphatic carbocycles. The highest BCUT2D eigenvalue weighted by Crippen LogP contribution is 2.33. The summed E-state index contributed by atoms with van der Waals surface area (Å²) in [5, 5.41) is 13.2. The summed E-state index contributed by atoms with van der Waals surface area (Å²) in [5.41, 5.74) is 1.08. The summed E-state index contributed by atoms with van der Waals surface area (Å²) >= 11 is 0. The van der Waals surface area contributed by atoms with Gasteiger partial charge < -0.3 is 19.9 Å². The normalized spacial score (nSPS) is 17.9. The van der Waals surface area contributed by atoms with Crippen molar-refractivity contribution in [2.24, 2.45) is 5.92 Å². The number of hydrogen-bond donors (Lipinski definition) is 2. The second kappa shape index (κ2) is 6.26. The van der Waals surface area contributed by atoms with Gasteiger partial charge in [-0.2, -0.15) is 0 Å². The Bertz CT molecular complexity index is 418. The number of hydrogen-bond acceptors (Lipinski definition) is 4. The lowest BCUT2D eigenvalue weighted by atomic mass is 10.1. The Morgan fingerprint density at radius 2 is 2.05 bits per heavy atom. The molecular formula is C15H23NO3. The van der Waals surface area contributed by atoms with E-state index in [1.54, 1.807) is 14.2 Å². The van der Waals surface area contributed by atoms with Crippen LogP contribution in [0.15, 0.2) is 18.2 Å². The molecule has 0 spiro atoms. The van der Waals surface area contributed by atoms with E-state index in [2.05, 4.69) is 12.2 Å². The van der Waals surface area contributed by atoms with Crippen molar-refractivity contribution in [1.29, 1.82) is 0 Å². The third-order valence-corrected chi connectivity index (χ3v) is 3.71. The molecular weight excluding hydrogens is 242 g/mol. The molecule has 2 atom stereocenters. The standard InChI is InChI=1S/C15H23NO3/c1-10(16-9-14(17)11-4-5-11)13-7-6-12(18-2)8-15(13)19-3/h6-8,10-11,14,16-17H,4-5,9H2,1-3H3. The summed E-state index contributed by atoms with van der Waals surface area (Å²) in [6.45, 7) is 2.70. The van der Waals surface area contributed by atoms with Crippen molar-refractivity contribution < 1.29 is 14.6 Å². The minimum atomic E-state index is -0.230. The van der Waals surface area contributed by atoms with E-state index in [-0.39, 0.29) is 12.1 Å². The van der Waals surface area contributed by atoms with Crippen LogP contribution in [-0.4, -0.2) is 32.0 Å². The highest BCUT2D eigenvalue weighted by molar-refractivity contribution is 5.42. The second-order valence-corrected chi connectivity index (χ2v) is 5.14. The maximum Gasteiger partial charge on any atom is 0.127 e. The topological polar surface area (TPSA) is 50.7 Å². The van der Waals surface area contributed by atoms with Gasteiger partial charge in [-0.15, -0.1) is 0 Å². The van der Waals surface area contributed by atoms with Gasteiger partial charge in [0.2, 0.25) is 0 Å². The molecule has 0 amide bonds. The number of rotatable bonds is 7. The minimum absolute atomic E-state index is 0.134. The second-order valence-electron chi connectivity index (χ2n) is 5.14. The molecule has 1 aromatic rings. The van der Waals surface area contributed by atoms with Crippen LogP contribution in [0, 0.1) is 5.92 Å². The maximum atomic E-state index is 9.88. The molecule has 0 aliphatic heterocycles. The van der Waals surface area contributed by atoms with Crippen molar-refractivity contribution in [1.82, 2.24) is 5.32 Å². The quantitative estimate of drug-likeness (QED) is 0.793. The number of benzene rings is 1. The van der Waals surface area contributed by atoms with Crippen molar-refractivity contribution >= 4 is 0 Å². The van der Waals surface area contributed by atoms with E-state index in [1.807, 2.05) is 18.2 Å². The molecule has 0 bridgehead atoms. The van der Waals surface area contributed by atoms with Crippen molar-refractivity contribution in [3.05, 3.63) is 23.8 Å². The largest absolute Gasteiger partial charge is 0.497 e. The first-order valence-electron chi connectivity index (χ1n) is 6.79. The number of nitrogens with one attached hydrogen (secondary N) is 1. The van der Waals surface area contributed by atoms with E-state index in [0.717, 1.165) is 29.9 Å². The Hall–Kier alpha value is -1.26. The summed E-state index contributed by atoms with van der Waals surface area (Å²) in [7, 11) is 3.30. The zero-order valence-electron chi connectivity index (χ0n) is 11.8. The lowest BCUT2D eigenvalue weighted by molar-refractivity contribution is 0.145. The number of ether oxygens (including phenoxy) is 2. The Kier molecular flexibility index (Phi) is 4.66. The molecule has 0 radical (unpaired) electrons. The number of aliphatic hydroxyl groups excluding tert-OH is 1. The summed E-state index contributed by atoms with van der Waals surface area (Å²) < 4.78 is 10.6. The molecule has 1 aromatic carbocycles. The molecule has 2 unspecified atom stereocenters. The SMILES string of the molecule is COc1ccc(C(C)NCC(O)C2CC2)c(OC)c1. The maximum absolute atomic E-state index is 9.88. The van der Waals surface area contributed by atoms with Gasteiger partial charge in [0.25, 0.3) is 0 Å². The van der Waals surface area contributed by atoms with Gasteiger partial charge in [-0.1, -0.05) is 6.07 Å². The average molecular weight is 265 g/mol. The number of methoxy groups -OCH3 is 2. The lowest BCUT2D eigenvalue weighted by Crippen LogP contribution is -2.30. The lowest BCUT2D eigenvalue weighted by Gasteiger charge is -2.20. The van der Waals surface area contributed by atoms with E-state index in [9.17, 15) is 5.11 Å². The van der Waals surface area contributed by atoms with Crippen molar-refractivity contribution in [2.45, 2.75) is 31.9 Å².